The fraction of sp³-hybridized carbons (Fsp3) is 0.333. The Morgan fingerprint density at radius 1 is 1.32 bits per heavy atom. The smallest absolute Gasteiger partial charge is 0.0411 e. The molecule has 0 saturated carbocycles. The molecule has 0 aliphatic heterocycles. The molecule has 0 amide bonds. The molecule has 1 aromatic carbocycles. The summed E-state index contributed by atoms with van der Waals surface area (Å²) in [5.41, 5.74) is 2.47. The fourth-order valence-electron chi connectivity index (χ4n) is 2.18. The first-order valence-corrected chi connectivity index (χ1v) is 8.37. The predicted molar refractivity (Wildman–Crippen MR) is 88.3 cm³/mol. The molecule has 0 saturated heterocycles. The van der Waals surface area contributed by atoms with Crippen molar-refractivity contribution in [3.05, 3.63) is 55.1 Å². The summed E-state index contributed by atoms with van der Waals surface area (Å²) in [6.45, 7) is 5.16. The Hall–Kier alpha value is -0.350. The first kappa shape index (κ1) is 15.0. The van der Waals surface area contributed by atoms with Crippen LogP contribution in [0.2, 0.25) is 5.02 Å². The van der Waals surface area contributed by atoms with E-state index in [1.165, 1.54) is 16.0 Å². The molecule has 2 aromatic rings. The van der Waals surface area contributed by atoms with Gasteiger partial charge in [0.05, 0.1) is 0 Å². The third-order valence-corrected chi connectivity index (χ3v) is 4.88. The number of hydrogen-bond acceptors (Lipinski definition) is 2. The largest absolute Gasteiger partial charge is 0.310 e. The molecule has 1 aromatic heterocycles. The molecular weight excluding hydrogens is 342 g/mol. The number of aryl methyl sites for hydroxylation is 1. The van der Waals surface area contributed by atoms with Gasteiger partial charge in [0, 0.05) is 32.2 Å². The van der Waals surface area contributed by atoms with Crippen molar-refractivity contribution in [2.24, 2.45) is 0 Å². The molecule has 1 heterocycles. The van der Waals surface area contributed by atoms with Crippen LogP contribution in [0.5, 0.6) is 0 Å². The van der Waals surface area contributed by atoms with Crippen LogP contribution in [0.1, 0.15) is 29.0 Å². The topological polar surface area (TPSA) is 12.0 Å². The summed E-state index contributed by atoms with van der Waals surface area (Å²) in [4.78, 5) is 1.37. The summed E-state index contributed by atoms with van der Waals surface area (Å²) in [6.07, 6.45) is 0.990. The minimum atomic E-state index is 0.313. The lowest BCUT2D eigenvalue weighted by molar-refractivity contribution is 0.553. The molecule has 0 bridgehead atoms. The van der Waals surface area contributed by atoms with E-state index < -0.39 is 0 Å². The van der Waals surface area contributed by atoms with E-state index in [1.807, 2.05) is 6.07 Å². The zero-order valence-electron chi connectivity index (χ0n) is 11.0. The predicted octanol–water partition coefficient (Wildman–Crippen LogP) is 5.37. The van der Waals surface area contributed by atoms with E-state index in [0.29, 0.717) is 6.04 Å². The van der Waals surface area contributed by atoms with Crippen molar-refractivity contribution in [1.82, 2.24) is 5.32 Å². The van der Waals surface area contributed by atoms with Crippen LogP contribution < -0.4 is 5.32 Å². The number of halogens is 2. The van der Waals surface area contributed by atoms with Gasteiger partial charge in [-0.3, -0.25) is 0 Å². The van der Waals surface area contributed by atoms with Gasteiger partial charge >= 0.3 is 0 Å². The maximum absolute atomic E-state index is 6.17. The lowest BCUT2D eigenvalue weighted by atomic mass is 10.0. The third kappa shape index (κ3) is 4.32. The van der Waals surface area contributed by atoms with E-state index >= 15 is 0 Å². The van der Waals surface area contributed by atoms with E-state index in [2.05, 4.69) is 58.7 Å². The SMILES string of the molecule is CCNC(Cc1cc(Br)cs1)c1cc(C)cc(Cl)c1. The summed E-state index contributed by atoms with van der Waals surface area (Å²) in [5.74, 6) is 0. The number of nitrogens with one attached hydrogen (secondary N) is 1. The van der Waals surface area contributed by atoms with Crippen LogP contribution in [0.3, 0.4) is 0 Å². The van der Waals surface area contributed by atoms with Crippen molar-refractivity contribution in [3.8, 4) is 0 Å². The van der Waals surface area contributed by atoms with Gasteiger partial charge in [0.1, 0.15) is 0 Å². The van der Waals surface area contributed by atoms with Gasteiger partial charge in [-0.1, -0.05) is 24.6 Å². The van der Waals surface area contributed by atoms with E-state index in [1.54, 1.807) is 11.3 Å². The molecule has 0 spiro atoms. The van der Waals surface area contributed by atoms with Crippen molar-refractivity contribution in [3.63, 3.8) is 0 Å². The average molecular weight is 359 g/mol. The van der Waals surface area contributed by atoms with Crippen molar-refractivity contribution in [2.75, 3.05) is 6.54 Å². The Labute approximate surface area is 132 Å². The van der Waals surface area contributed by atoms with Crippen LogP contribution in [0, 0.1) is 6.92 Å². The summed E-state index contributed by atoms with van der Waals surface area (Å²) in [5, 5.41) is 6.48. The van der Waals surface area contributed by atoms with Gasteiger partial charge in [-0.2, -0.15) is 0 Å². The molecule has 1 nitrogen and oxygen atoms in total. The highest BCUT2D eigenvalue weighted by molar-refractivity contribution is 9.10. The maximum atomic E-state index is 6.17. The lowest BCUT2D eigenvalue weighted by Gasteiger charge is -2.18. The van der Waals surface area contributed by atoms with E-state index in [0.717, 1.165) is 22.5 Å². The van der Waals surface area contributed by atoms with Gasteiger partial charge < -0.3 is 5.32 Å². The Morgan fingerprint density at radius 3 is 2.68 bits per heavy atom. The first-order valence-electron chi connectivity index (χ1n) is 6.32. The number of hydrogen-bond donors (Lipinski definition) is 1. The second kappa shape index (κ2) is 6.89. The monoisotopic (exact) mass is 357 g/mol. The van der Waals surface area contributed by atoms with E-state index in [4.69, 9.17) is 11.6 Å². The standard InChI is InChI=1S/C15H17BrClNS/c1-3-18-15(8-14-7-12(16)9-19-14)11-4-10(2)5-13(17)6-11/h4-7,9,15,18H,3,8H2,1-2H3. The molecule has 2 rings (SSSR count). The number of thiophene rings is 1. The Kier molecular flexibility index (Phi) is 5.46. The molecule has 1 N–H and O–H groups in total. The molecule has 1 unspecified atom stereocenters. The second-order valence-corrected chi connectivity index (χ2v) is 6.96. The quantitative estimate of drug-likeness (QED) is 0.758. The number of rotatable bonds is 5. The summed E-state index contributed by atoms with van der Waals surface area (Å²) in [7, 11) is 0. The van der Waals surface area contributed by atoms with E-state index in [9.17, 15) is 0 Å². The van der Waals surface area contributed by atoms with Gasteiger partial charge in [-0.15, -0.1) is 11.3 Å². The lowest BCUT2D eigenvalue weighted by Crippen LogP contribution is -2.22. The highest BCUT2D eigenvalue weighted by Crippen LogP contribution is 2.27. The maximum Gasteiger partial charge on any atom is 0.0411 e. The molecule has 102 valence electrons. The third-order valence-electron chi connectivity index (χ3n) is 2.94. The van der Waals surface area contributed by atoms with Crippen LogP contribution in [0.25, 0.3) is 0 Å². The average Bonchev–Trinajstić information content (AvgIpc) is 2.73. The van der Waals surface area contributed by atoms with Crippen LogP contribution in [-0.2, 0) is 6.42 Å². The summed E-state index contributed by atoms with van der Waals surface area (Å²) >= 11 is 11.5. The second-order valence-electron chi connectivity index (χ2n) is 4.61. The molecule has 0 aliphatic rings. The molecule has 4 heteroatoms. The van der Waals surface area contributed by atoms with Gasteiger partial charge in [0.25, 0.3) is 0 Å². The first-order chi connectivity index (χ1) is 9.08. The molecular formula is C15H17BrClNS. The number of likely N-dealkylation sites (N-methyl/N-ethyl adjacent to an activating group) is 1. The highest BCUT2D eigenvalue weighted by atomic mass is 79.9. The van der Waals surface area contributed by atoms with Crippen LogP contribution >= 0.6 is 38.9 Å². The normalized spacial score (nSPS) is 12.6. The zero-order chi connectivity index (χ0) is 13.8. The van der Waals surface area contributed by atoms with E-state index in [-0.39, 0.29) is 0 Å². The van der Waals surface area contributed by atoms with Crippen molar-refractivity contribution < 1.29 is 0 Å². The van der Waals surface area contributed by atoms with Gasteiger partial charge in [-0.05, 0) is 58.7 Å². The van der Waals surface area contributed by atoms with Gasteiger partial charge in [0.2, 0.25) is 0 Å². The van der Waals surface area contributed by atoms with Crippen molar-refractivity contribution in [1.29, 1.82) is 0 Å². The summed E-state index contributed by atoms with van der Waals surface area (Å²) < 4.78 is 1.16. The van der Waals surface area contributed by atoms with Crippen LogP contribution in [0.15, 0.2) is 34.1 Å². The van der Waals surface area contributed by atoms with Gasteiger partial charge in [0.15, 0.2) is 0 Å². The van der Waals surface area contributed by atoms with Crippen molar-refractivity contribution >= 4 is 38.9 Å². The fourth-order valence-corrected chi connectivity index (χ4v) is 3.98. The Balaban J connectivity index is 2.23. The number of benzene rings is 1. The van der Waals surface area contributed by atoms with Gasteiger partial charge in [-0.25, -0.2) is 0 Å². The summed E-state index contributed by atoms with van der Waals surface area (Å²) in [6, 6.07) is 8.77. The molecule has 1 atom stereocenters. The Bertz CT molecular complexity index is 533. The molecule has 0 aliphatic carbocycles. The van der Waals surface area contributed by atoms with Crippen LogP contribution in [-0.4, -0.2) is 6.54 Å². The minimum Gasteiger partial charge on any atom is -0.310 e. The zero-order valence-corrected chi connectivity index (χ0v) is 14.2. The molecule has 0 fully saturated rings. The molecule has 0 radical (unpaired) electrons. The highest BCUT2D eigenvalue weighted by Gasteiger charge is 2.13. The van der Waals surface area contributed by atoms with Crippen molar-refractivity contribution in [2.45, 2.75) is 26.3 Å². The minimum absolute atomic E-state index is 0.313. The van der Waals surface area contributed by atoms with Crippen LogP contribution in [0.4, 0.5) is 0 Å². The Morgan fingerprint density at radius 2 is 2.11 bits per heavy atom. The molecule has 19 heavy (non-hydrogen) atoms.